The van der Waals surface area contributed by atoms with Crippen molar-refractivity contribution in [2.75, 3.05) is 5.73 Å². The van der Waals surface area contributed by atoms with Crippen LogP contribution in [-0.2, 0) is 0 Å². The molecule has 1 heterocycles. The van der Waals surface area contributed by atoms with E-state index in [1.807, 2.05) is 37.3 Å². The first-order valence-corrected chi connectivity index (χ1v) is 7.86. The predicted molar refractivity (Wildman–Crippen MR) is 98.4 cm³/mol. The quantitative estimate of drug-likeness (QED) is 0.739. The Hall–Kier alpha value is -3.12. The van der Waals surface area contributed by atoms with E-state index in [1.165, 1.54) is 5.56 Å². The van der Waals surface area contributed by atoms with Gasteiger partial charge in [0.1, 0.15) is 17.5 Å². The van der Waals surface area contributed by atoms with Crippen LogP contribution in [-0.4, -0.2) is 4.98 Å². The molecule has 0 radical (unpaired) electrons. The zero-order valence-electron chi connectivity index (χ0n) is 14.1. The molecule has 0 amide bonds. The lowest BCUT2D eigenvalue weighted by Gasteiger charge is -2.18. The monoisotopic (exact) mass is 313 g/mol. The van der Waals surface area contributed by atoms with Gasteiger partial charge in [-0.2, -0.15) is 5.26 Å². The molecule has 0 aliphatic carbocycles. The van der Waals surface area contributed by atoms with Crippen LogP contribution >= 0.6 is 0 Å². The minimum atomic E-state index is 0.282. The molecule has 0 bridgehead atoms. The summed E-state index contributed by atoms with van der Waals surface area (Å²) < 4.78 is 0. The molecule has 0 fully saturated rings. The molecule has 2 aromatic carbocycles. The summed E-state index contributed by atoms with van der Waals surface area (Å²) in [6, 6.07) is 18.5. The van der Waals surface area contributed by atoms with Crippen molar-refractivity contribution in [1.82, 2.24) is 4.98 Å². The summed E-state index contributed by atoms with van der Waals surface area (Å²) >= 11 is 0. The molecule has 0 unspecified atom stereocenters. The molecule has 0 aliphatic rings. The number of nitrogens with two attached hydrogens (primary N) is 1. The Morgan fingerprint density at radius 1 is 0.958 bits per heavy atom. The van der Waals surface area contributed by atoms with Gasteiger partial charge >= 0.3 is 0 Å². The van der Waals surface area contributed by atoms with Crippen molar-refractivity contribution < 1.29 is 0 Å². The van der Waals surface area contributed by atoms with E-state index >= 15 is 0 Å². The van der Waals surface area contributed by atoms with E-state index < -0.39 is 0 Å². The Morgan fingerprint density at radius 2 is 1.67 bits per heavy atom. The van der Waals surface area contributed by atoms with E-state index in [-0.39, 0.29) is 5.82 Å². The van der Waals surface area contributed by atoms with Gasteiger partial charge < -0.3 is 5.73 Å². The number of nitriles is 1. The topological polar surface area (TPSA) is 62.7 Å². The van der Waals surface area contributed by atoms with Gasteiger partial charge in [0.15, 0.2) is 0 Å². The van der Waals surface area contributed by atoms with Crippen molar-refractivity contribution in [2.45, 2.75) is 20.8 Å². The second-order valence-corrected chi connectivity index (χ2v) is 6.00. The van der Waals surface area contributed by atoms with E-state index in [9.17, 15) is 5.26 Å². The van der Waals surface area contributed by atoms with Crippen LogP contribution in [0, 0.1) is 32.1 Å². The van der Waals surface area contributed by atoms with Gasteiger partial charge in [-0.3, -0.25) is 0 Å². The molecule has 3 aromatic rings. The number of anilines is 1. The molecule has 0 saturated heterocycles. The van der Waals surface area contributed by atoms with Crippen LogP contribution in [0.3, 0.4) is 0 Å². The number of pyridine rings is 1. The van der Waals surface area contributed by atoms with Crippen molar-refractivity contribution >= 4 is 5.82 Å². The van der Waals surface area contributed by atoms with Crippen molar-refractivity contribution in [1.29, 1.82) is 5.26 Å². The van der Waals surface area contributed by atoms with Crippen LogP contribution in [0.25, 0.3) is 22.3 Å². The van der Waals surface area contributed by atoms with Gasteiger partial charge in [0.25, 0.3) is 0 Å². The first-order valence-electron chi connectivity index (χ1n) is 7.86. The Kier molecular flexibility index (Phi) is 4.05. The van der Waals surface area contributed by atoms with Gasteiger partial charge in [-0.1, -0.05) is 54.1 Å². The maximum Gasteiger partial charge on any atom is 0.142 e. The average molecular weight is 313 g/mol. The lowest BCUT2D eigenvalue weighted by Crippen LogP contribution is -2.04. The smallest absolute Gasteiger partial charge is 0.142 e. The normalized spacial score (nSPS) is 10.4. The van der Waals surface area contributed by atoms with Crippen LogP contribution in [0.1, 0.15) is 22.4 Å². The summed E-state index contributed by atoms with van der Waals surface area (Å²) in [7, 11) is 0. The summed E-state index contributed by atoms with van der Waals surface area (Å²) in [6.07, 6.45) is 0. The Labute approximate surface area is 142 Å². The van der Waals surface area contributed by atoms with Gasteiger partial charge in [0, 0.05) is 16.8 Å². The molecule has 3 rings (SSSR count). The fourth-order valence-corrected chi connectivity index (χ4v) is 3.16. The first kappa shape index (κ1) is 15.8. The van der Waals surface area contributed by atoms with E-state index in [0.29, 0.717) is 5.56 Å². The van der Waals surface area contributed by atoms with Crippen LogP contribution in [0.4, 0.5) is 5.82 Å². The number of nitrogens with zero attached hydrogens (tertiary/aromatic N) is 2. The number of rotatable bonds is 2. The minimum absolute atomic E-state index is 0.282. The zero-order chi connectivity index (χ0) is 17.3. The van der Waals surface area contributed by atoms with Crippen molar-refractivity contribution in [3.05, 3.63) is 70.9 Å². The highest BCUT2D eigenvalue weighted by atomic mass is 14.8. The first-order chi connectivity index (χ1) is 11.5. The molecule has 0 saturated carbocycles. The molecule has 0 spiro atoms. The molecule has 118 valence electrons. The highest BCUT2D eigenvalue weighted by molar-refractivity contribution is 5.92. The number of aromatic nitrogens is 1. The van der Waals surface area contributed by atoms with Crippen molar-refractivity contribution in [3.8, 4) is 28.3 Å². The molecule has 0 aliphatic heterocycles. The summed E-state index contributed by atoms with van der Waals surface area (Å²) in [4.78, 5) is 4.41. The van der Waals surface area contributed by atoms with Crippen LogP contribution in [0.2, 0.25) is 0 Å². The average Bonchev–Trinajstić information content (AvgIpc) is 2.55. The molecule has 0 atom stereocenters. The number of hydrogen-bond acceptors (Lipinski definition) is 3. The number of nitrogen functional groups attached to an aromatic ring is 1. The Balaban J connectivity index is 2.45. The molecule has 1 aromatic heterocycles. The lowest BCUT2D eigenvalue weighted by atomic mass is 9.88. The standard InChI is InChI=1S/C21H19N3/c1-13-9-10-17(14(2)11-13)20-18(12-22)21(23)24-15(3)19(20)16-7-5-4-6-8-16/h4-11H,1-3H3,(H2,23,24). The lowest BCUT2D eigenvalue weighted by molar-refractivity contribution is 1.20. The third kappa shape index (κ3) is 2.63. The Morgan fingerprint density at radius 3 is 2.29 bits per heavy atom. The highest BCUT2D eigenvalue weighted by Gasteiger charge is 2.20. The molecular formula is C21H19N3. The molecule has 2 N–H and O–H groups in total. The second-order valence-electron chi connectivity index (χ2n) is 6.00. The van der Waals surface area contributed by atoms with Gasteiger partial charge in [0.05, 0.1) is 0 Å². The summed E-state index contributed by atoms with van der Waals surface area (Å²) in [5.41, 5.74) is 13.5. The third-order valence-corrected chi connectivity index (χ3v) is 4.23. The maximum absolute atomic E-state index is 9.70. The van der Waals surface area contributed by atoms with Crippen LogP contribution < -0.4 is 5.73 Å². The van der Waals surface area contributed by atoms with Gasteiger partial charge in [-0.15, -0.1) is 0 Å². The van der Waals surface area contributed by atoms with Crippen LogP contribution in [0.15, 0.2) is 48.5 Å². The minimum Gasteiger partial charge on any atom is -0.383 e. The number of benzene rings is 2. The van der Waals surface area contributed by atoms with Gasteiger partial charge in [-0.05, 0) is 37.5 Å². The molecule has 3 heteroatoms. The SMILES string of the molecule is Cc1ccc(-c2c(C#N)c(N)nc(C)c2-c2ccccc2)c(C)c1. The van der Waals surface area contributed by atoms with Crippen molar-refractivity contribution in [2.24, 2.45) is 0 Å². The number of hydrogen-bond donors (Lipinski definition) is 1. The molecule has 24 heavy (non-hydrogen) atoms. The highest BCUT2D eigenvalue weighted by Crippen LogP contribution is 2.39. The maximum atomic E-state index is 9.70. The van der Waals surface area contributed by atoms with Gasteiger partial charge in [-0.25, -0.2) is 4.98 Å². The summed E-state index contributed by atoms with van der Waals surface area (Å²) in [6.45, 7) is 6.06. The van der Waals surface area contributed by atoms with E-state index in [4.69, 9.17) is 5.73 Å². The summed E-state index contributed by atoms with van der Waals surface area (Å²) in [5.74, 6) is 0.282. The summed E-state index contributed by atoms with van der Waals surface area (Å²) in [5, 5.41) is 9.70. The zero-order valence-corrected chi connectivity index (χ0v) is 14.1. The van der Waals surface area contributed by atoms with E-state index in [0.717, 1.165) is 33.5 Å². The largest absolute Gasteiger partial charge is 0.383 e. The fraction of sp³-hybridized carbons (Fsp3) is 0.143. The molecular weight excluding hydrogens is 294 g/mol. The Bertz CT molecular complexity index is 951. The predicted octanol–water partition coefficient (Wildman–Crippen LogP) is 4.79. The molecule has 3 nitrogen and oxygen atoms in total. The fourth-order valence-electron chi connectivity index (χ4n) is 3.16. The second kappa shape index (κ2) is 6.17. The van der Waals surface area contributed by atoms with Gasteiger partial charge in [0.2, 0.25) is 0 Å². The van der Waals surface area contributed by atoms with E-state index in [1.54, 1.807) is 0 Å². The van der Waals surface area contributed by atoms with Crippen LogP contribution in [0.5, 0.6) is 0 Å². The van der Waals surface area contributed by atoms with E-state index in [2.05, 4.69) is 43.1 Å². The number of aryl methyl sites for hydroxylation is 3. The van der Waals surface area contributed by atoms with Crippen molar-refractivity contribution in [3.63, 3.8) is 0 Å². The third-order valence-electron chi connectivity index (χ3n) is 4.23.